The quantitative estimate of drug-likeness (QED) is 0.723. The van der Waals surface area contributed by atoms with Crippen LogP contribution in [-0.2, 0) is 4.74 Å². The predicted octanol–water partition coefficient (Wildman–Crippen LogP) is 2.16. The normalized spacial score (nSPS) is 13.0. The van der Waals surface area contributed by atoms with Crippen LogP contribution in [0, 0.1) is 0 Å². The van der Waals surface area contributed by atoms with Crippen molar-refractivity contribution < 1.29 is 9.47 Å². The van der Waals surface area contributed by atoms with E-state index in [9.17, 15) is 0 Å². The predicted molar refractivity (Wildman–Crippen MR) is 72.1 cm³/mol. The first kappa shape index (κ1) is 15.0. The summed E-state index contributed by atoms with van der Waals surface area (Å²) in [6, 6.07) is 0.503. The van der Waals surface area contributed by atoms with Gasteiger partial charge in [0.1, 0.15) is 0 Å². The number of hydrogen-bond acceptors (Lipinski definition) is 4. The van der Waals surface area contributed by atoms with Gasteiger partial charge >= 0.3 is 0 Å². The maximum absolute atomic E-state index is 5.43. The Morgan fingerprint density at radius 1 is 1.44 bits per heavy atom. The molecule has 0 saturated heterocycles. The summed E-state index contributed by atoms with van der Waals surface area (Å²) >= 11 is 0. The fourth-order valence-electron chi connectivity index (χ4n) is 2.02. The van der Waals surface area contributed by atoms with Gasteiger partial charge in [-0.05, 0) is 34.2 Å². The lowest BCUT2D eigenvalue weighted by molar-refractivity contribution is 0.135. The molecule has 1 heterocycles. The van der Waals surface area contributed by atoms with Crippen molar-refractivity contribution in [3.63, 3.8) is 0 Å². The van der Waals surface area contributed by atoms with Crippen LogP contribution in [0.3, 0.4) is 0 Å². The van der Waals surface area contributed by atoms with Crippen molar-refractivity contribution in [2.75, 3.05) is 27.4 Å². The highest BCUT2D eigenvalue weighted by Crippen LogP contribution is 2.29. The molecule has 1 unspecified atom stereocenters. The molecule has 0 aromatic carbocycles. The number of methoxy groups -OCH3 is 1. The van der Waals surface area contributed by atoms with Crippen LogP contribution in [0.4, 0.5) is 0 Å². The van der Waals surface area contributed by atoms with Gasteiger partial charge in [-0.2, -0.15) is 5.10 Å². The summed E-state index contributed by atoms with van der Waals surface area (Å²) in [5.74, 6) is 0.833. The van der Waals surface area contributed by atoms with Crippen LogP contribution >= 0.6 is 0 Å². The van der Waals surface area contributed by atoms with Crippen molar-refractivity contribution in [2.45, 2.75) is 39.3 Å². The van der Waals surface area contributed by atoms with Gasteiger partial charge < -0.3 is 14.8 Å². The van der Waals surface area contributed by atoms with Crippen molar-refractivity contribution >= 4 is 0 Å². The number of rotatable bonds is 8. The summed E-state index contributed by atoms with van der Waals surface area (Å²) in [6.45, 7) is 7.72. The van der Waals surface area contributed by atoms with E-state index >= 15 is 0 Å². The van der Waals surface area contributed by atoms with Crippen molar-refractivity contribution in [3.8, 4) is 5.75 Å². The molecule has 1 aromatic heterocycles. The van der Waals surface area contributed by atoms with Gasteiger partial charge in [0.2, 0.25) is 0 Å². The number of hydrogen-bond donors (Lipinski definition) is 1. The number of nitrogens with zero attached hydrogens (tertiary/aromatic N) is 2. The first-order valence-electron chi connectivity index (χ1n) is 6.52. The average molecular weight is 255 g/mol. The van der Waals surface area contributed by atoms with Crippen LogP contribution in [0.25, 0.3) is 0 Å². The van der Waals surface area contributed by atoms with E-state index in [0.717, 1.165) is 31.1 Å². The molecule has 0 bridgehead atoms. The minimum absolute atomic E-state index is 0.191. The van der Waals surface area contributed by atoms with Crippen LogP contribution in [0.2, 0.25) is 0 Å². The van der Waals surface area contributed by atoms with Crippen molar-refractivity contribution in [1.29, 1.82) is 0 Å². The fourth-order valence-corrected chi connectivity index (χ4v) is 2.02. The van der Waals surface area contributed by atoms with Crippen LogP contribution in [0.1, 0.15) is 45.0 Å². The molecule has 0 radical (unpaired) electrons. The van der Waals surface area contributed by atoms with E-state index in [-0.39, 0.29) is 6.04 Å². The molecule has 0 fully saturated rings. The summed E-state index contributed by atoms with van der Waals surface area (Å²) in [4.78, 5) is 0. The Balaban J connectivity index is 2.91. The monoisotopic (exact) mass is 255 g/mol. The Morgan fingerprint density at radius 3 is 2.67 bits per heavy atom. The smallest absolute Gasteiger partial charge is 0.161 e. The van der Waals surface area contributed by atoms with Crippen molar-refractivity contribution in [2.24, 2.45) is 0 Å². The molecule has 5 nitrogen and oxygen atoms in total. The number of nitrogens with one attached hydrogen (secondary N) is 1. The molecular formula is C13H25N3O2. The molecule has 1 N–H and O–H groups in total. The lowest BCUT2D eigenvalue weighted by Gasteiger charge is -2.21. The topological polar surface area (TPSA) is 48.3 Å². The Labute approximate surface area is 109 Å². The Morgan fingerprint density at radius 2 is 2.17 bits per heavy atom. The molecule has 1 atom stereocenters. The Kier molecular flexibility index (Phi) is 6.15. The van der Waals surface area contributed by atoms with Gasteiger partial charge in [-0.1, -0.05) is 0 Å². The number of ether oxygens (including phenoxy) is 2. The van der Waals surface area contributed by atoms with Gasteiger partial charge in [0.15, 0.2) is 5.75 Å². The van der Waals surface area contributed by atoms with E-state index < -0.39 is 0 Å². The third kappa shape index (κ3) is 3.46. The molecule has 0 amide bonds. The second kappa shape index (κ2) is 7.38. The zero-order chi connectivity index (χ0) is 13.5. The highest BCUT2D eigenvalue weighted by molar-refractivity contribution is 5.28. The average Bonchev–Trinajstić information content (AvgIpc) is 2.78. The highest BCUT2D eigenvalue weighted by Gasteiger charge is 2.21. The van der Waals surface area contributed by atoms with Gasteiger partial charge in [0.05, 0.1) is 25.0 Å². The Bertz CT molecular complexity index is 350. The minimum Gasteiger partial charge on any atom is -0.493 e. The van der Waals surface area contributed by atoms with Crippen LogP contribution in [0.15, 0.2) is 6.20 Å². The summed E-state index contributed by atoms with van der Waals surface area (Å²) < 4.78 is 12.8. The third-order valence-corrected chi connectivity index (χ3v) is 2.94. The molecule has 0 spiro atoms. The standard InChI is InChI=1S/C13H25N3O2/c1-6-18-8-7-11(14-4)13-12(17-5)9-15-16(13)10(2)3/h9-11,14H,6-8H2,1-5H3. The largest absolute Gasteiger partial charge is 0.493 e. The summed E-state index contributed by atoms with van der Waals surface area (Å²) in [6.07, 6.45) is 2.68. The van der Waals surface area contributed by atoms with Crippen molar-refractivity contribution in [3.05, 3.63) is 11.9 Å². The summed E-state index contributed by atoms with van der Waals surface area (Å²) in [5.41, 5.74) is 1.09. The van der Waals surface area contributed by atoms with E-state index in [2.05, 4.69) is 24.3 Å². The fraction of sp³-hybridized carbons (Fsp3) is 0.769. The zero-order valence-electron chi connectivity index (χ0n) is 12.1. The van der Waals surface area contributed by atoms with Gasteiger partial charge in [-0.3, -0.25) is 4.68 Å². The van der Waals surface area contributed by atoms with E-state index in [0.29, 0.717) is 6.04 Å². The van der Waals surface area contributed by atoms with Crippen LogP contribution < -0.4 is 10.1 Å². The van der Waals surface area contributed by atoms with Crippen LogP contribution in [0.5, 0.6) is 5.75 Å². The van der Waals surface area contributed by atoms with E-state index in [1.165, 1.54) is 0 Å². The Hall–Kier alpha value is -1.07. The van der Waals surface area contributed by atoms with Crippen LogP contribution in [-0.4, -0.2) is 37.2 Å². The highest BCUT2D eigenvalue weighted by atomic mass is 16.5. The summed E-state index contributed by atoms with van der Waals surface area (Å²) in [7, 11) is 3.63. The maximum Gasteiger partial charge on any atom is 0.161 e. The molecule has 0 saturated carbocycles. The van der Waals surface area contributed by atoms with Gasteiger partial charge in [0.25, 0.3) is 0 Å². The maximum atomic E-state index is 5.43. The lowest BCUT2D eigenvalue weighted by Crippen LogP contribution is -2.23. The second-order valence-corrected chi connectivity index (χ2v) is 4.46. The first-order chi connectivity index (χ1) is 8.65. The molecular weight excluding hydrogens is 230 g/mol. The van der Waals surface area contributed by atoms with Gasteiger partial charge in [-0.25, -0.2) is 0 Å². The molecule has 5 heteroatoms. The van der Waals surface area contributed by atoms with Gasteiger partial charge in [0, 0.05) is 19.3 Å². The molecule has 1 rings (SSSR count). The molecule has 0 aliphatic carbocycles. The molecule has 104 valence electrons. The molecule has 18 heavy (non-hydrogen) atoms. The van der Waals surface area contributed by atoms with Crippen molar-refractivity contribution in [1.82, 2.24) is 15.1 Å². The molecule has 0 aliphatic heterocycles. The SMILES string of the molecule is CCOCCC(NC)c1c(OC)cnn1C(C)C. The summed E-state index contributed by atoms with van der Waals surface area (Å²) in [5, 5.41) is 7.71. The molecule has 1 aromatic rings. The second-order valence-electron chi connectivity index (χ2n) is 4.46. The first-order valence-corrected chi connectivity index (χ1v) is 6.52. The third-order valence-electron chi connectivity index (χ3n) is 2.94. The van der Waals surface area contributed by atoms with E-state index in [1.54, 1.807) is 13.3 Å². The number of aromatic nitrogens is 2. The van der Waals surface area contributed by atoms with E-state index in [1.807, 2.05) is 18.7 Å². The van der Waals surface area contributed by atoms with Gasteiger partial charge in [-0.15, -0.1) is 0 Å². The van der Waals surface area contributed by atoms with E-state index in [4.69, 9.17) is 9.47 Å². The minimum atomic E-state index is 0.191. The molecule has 0 aliphatic rings. The zero-order valence-corrected chi connectivity index (χ0v) is 12.1. The lowest BCUT2D eigenvalue weighted by atomic mass is 10.1.